The summed E-state index contributed by atoms with van der Waals surface area (Å²) in [5.74, 6) is 0.551. The minimum absolute atomic E-state index is 0.0532. The standard InChI is InChI=1S/C7H13N3O3S/c1-8-4-5-14(11,12)10-6-7-2-3-9-13-7/h2-3,8,10H,4-6H2,1H3. The lowest BCUT2D eigenvalue weighted by Crippen LogP contribution is -2.30. The lowest BCUT2D eigenvalue weighted by molar-refractivity contribution is 0.380. The minimum atomic E-state index is -3.22. The predicted molar refractivity (Wildman–Crippen MR) is 51.1 cm³/mol. The molecular weight excluding hydrogens is 206 g/mol. The quantitative estimate of drug-likeness (QED) is 0.662. The highest BCUT2D eigenvalue weighted by atomic mass is 32.2. The summed E-state index contributed by atoms with van der Waals surface area (Å²) in [6, 6.07) is 1.61. The normalized spacial score (nSPS) is 11.8. The summed E-state index contributed by atoms with van der Waals surface area (Å²) in [6.45, 7) is 0.567. The molecule has 0 unspecified atom stereocenters. The first kappa shape index (κ1) is 11.2. The van der Waals surface area contributed by atoms with Gasteiger partial charge in [-0.05, 0) is 7.05 Å². The van der Waals surface area contributed by atoms with Crippen molar-refractivity contribution in [2.24, 2.45) is 0 Å². The van der Waals surface area contributed by atoms with Crippen molar-refractivity contribution in [2.75, 3.05) is 19.3 Å². The molecule has 0 atom stereocenters. The number of nitrogens with zero attached hydrogens (tertiary/aromatic N) is 1. The molecule has 0 aliphatic heterocycles. The number of sulfonamides is 1. The van der Waals surface area contributed by atoms with E-state index >= 15 is 0 Å². The average Bonchev–Trinajstić information content (AvgIpc) is 2.64. The fourth-order valence-electron chi connectivity index (χ4n) is 0.823. The van der Waals surface area contributed by atoms with E-state index in [0.717, 1.165) is 0 Å². The van der Waals surface area contributed by atoms with Gasteiger partial charge in [-0.15, -0.1) is 0 Å². The molecule has 0 saturated heterocycles. The van der Waals surface area contributed by atoms with Crippen LogP contribution in [0.25, 0.3) is 0 Å². The first-order chi connectivity index (χ1) is 6.64. The van der Waals surface area contributed by atoms with Crippen molar-refractivity contribution >= 4 is 10.0 Å². The van der Waals surface area contributed by atoms with Crippen LogP contribution in [-0.2, 0) is 16.6 Å². The van der Waals surface area contributed by atoms with E-state index < -0.39 is 10.0 Å². The predicted octanol–water partition coefficient (Wildman–Crippen LogP) is -0.687. The molecule has 80 valence electrons. The second kappa shape index (κ2) is 5.08. The van der Waals surface area contributed by atoms with Crippen LogP contribution in [0.4, 0.5) is 0 Å². The van der Waals surface area contributed by atoms with Gasteiger partial charge < -0.3 is 9.84 Å². The van der Waals surface area contributed by atoms with Crippen LogP contribution in [0.3, 0.4) is 0 Å². The first-order valence-electron chi connectivity index (χ1n) is 4.15. The summed E-state index contributed by atoms with van der Waals surface area (Å²) < 4.78 is 29.7. The van der Waals surface area contributed by atoms with E-state index in [0.29, 0.717) is 12.3 Å². The van der Waals surface area contributed by atoms with Crippen molar-refractivity contribution in [3.63, 3.8) is 0 Å². The molecule has 7 heteroatoms. The zero-order chi connectivity index (χ0) is 10.4. The highest BCUT2D eigenvalue weighted by Gasteiger charge is 2.09. The Morgan fingerprint density at radius 3 is 2.93 bits per heavy atom. The Balaban J connectivity index is 2.37. The molecule has 0 bridgehead atoms. The van der Waals surface area contributed by atoms with Gasteiger partial charge in [-0.3, -0.25) is 0 Å². The molecule has 0 fully saturated rings. The Kier molecular flexibility index (Phi) is 4.05. The third-order valence-corrected chi connectivity index (χ3v) is 2.90. The maximum absolute atomic E-state index is 11.3. The number of hydrogen-bond acceptors (Lipinski definition) is 5. The summed E-state index contributed by atoms with van der Waals surface area (Å²) in [7, 11) is -1.52. The number of nitrogens with one attached hydrogen (secondary N) is 2. The van der Waals surface area contributed by atoms with Crippen LogP contribution < -0.4 is 10.0 Å². The van der Waals surface area contributed by atoms with E-state index in [1.54, 1.807) is 13.1 Å². The molecule has 0 saturated carbocycles. The molecule has 0 aliphatic rings. The Hall–Kier alpha value is -0.920. The van der Waals surface area contributed by atoms with E-state index in [-0.39, 0.29) is 12.3 Å². The zero-order valence-corrected chi connectivity index (χ0v) is 8.67. The molecule has 0 spiro atoms. The van der Waals surface area contributed by atoms with Crippen molar-refractivity contribution in [3.8, 4) is 0 Å². The largest absolute Gasteiger partial charge is 0.360 e. The Labute approximate surface area is 82.7 Å². The van der Waals surface area contributed by atoms with Crippen molar-refractivity contribution in [1.82, 2.24) is 15.2 Å². The summed E-state index contributed by atoms with van der Waals surface area (Å²) >= 11 is 0. The molecular formula is C7H13N3O3S. The maximum Gasteiger partial charge on any atom is 0.213 e. The van der Waals surface area contributed by atoms with E-state index in [1.807, 2.05) is 0 Å². The number of aromatic nitrogens is 1. The third kappa shape index (κ3) is 3.86. The molecule has 14 heavy (non-hydrogen) atoms. The van der Waals surface area contributed by atoms with Crippen LogP contribution in [0, 0.1) is 0 Å². The molecule has 2 N–H and O–H groups in total. The van der Waals surface area contributed by atoms with E-state index in [4.69, 9.17) is 4.52 Å². The second-order valence-electron chi connectivity index (χ2n) is 2.72. The molecule has 1 aromatic rings. The van der Waals surface area contributed by atoms with E-state index in [2.05, 4.69) is 15.2 Å². The van der Waals surface area contributed by atoms with Gasteiger partial charge in [0.2, 0.25) is 10.0 Å². The molecule has 0 radical (unpaired) electrons. The van der Waals surface area contributed by atoms with Gasteiger partial charge in [0.05, 0.1) is 18.5 Å². The smallest absolute Gasteiger partial charge is 0.213 e. The van der Waals surface area contributed by atoms with Gasteiger partial charge >= 0.3 is 0 Å². The van der Waals surface area contributed by atoms with Gasteiger partial charge in [0, 0.05) is 12.6 Å². The van der Waals surface area contributed by atoms with Gasteiger partial charge in [-0.1, -0.05) is 5.16 Å². The van der Waals surface area contributed by atoms with Crippen molar-refractivity contribution in [3.05, 3.63) is 18.0 Å². The first-order valence-corrected chi connectivity index (χ1v) is 5.81. The molecule has 0 aromatic carbocycles. The lowest BCUT2D eigenvalue weighted by Gasteiger charge is -2.03. The fourth-order valence-corrected chi connectivity index (χ4v) is 1.80. The lowest BCUT2D eigenvalue weighted by atomic mass is 10.5. The Morgan fingerprint density at radius 2 is 2.36 bits per heavy atom. The average molecular weight is 219 g/mol. The SMILES string of the molecule is CNCCS(=O)(=O)NCc1ccno1. The molecule has 6 nitrogen and oxygen atoms in total. The molecule has 1 aromatic heterocycles. The molecule has 0 amide bonds. The highest BCUT2D eigenvalue weighted by Crippen LogP contribution is 1.96. The van der Waals surface area contributed by atoms with E-state index in [1.165, 1.54) is 6.20 Å². The van der Waals surface area contributed by atoms with Crippen LogP contribution in [0.1, 0.15) is 5.76 Å². The zero-order valence-electron chi connectivity index (χ0n) is 7.86. The van der Waals surface area contributed by atoms with Gasteiger partial charge in [-0.25, -0.2) is 13.1 Å². The van der Waals surface area contributed by atoms with Crippen LogP contribution in [0.2, 0.25) is 0 Å². The van der Waals surface area contributed by atoms with Crippen LogP contribution in [-0.4, -0.2) is 32.9 Å². The highest BCUT2D eigenvalue weighted by molar-refractivity contribution is 7.89. The van der Waals surface area contributed by atoms with Gasteiger partial charge in [0.15, 0.2) is 5.76 Å². The van der Waals surface area contributed by atoms with Gasteiger partial charge in [0.1, 0.15) is 0 Å². The maximum atomic E-state index is 11.3. The van der Waals surface area contributed by atoms with Crippen LogP contribution >= 0.6 is 0 Å². The summed E-state index contributed by atoms with van der Waals surface area (Å²) in [6.07, 6.45) is 1.47. The van der Waals surface area contributed by atoms with E-state index in [9.17, 15) is 8.42 Å². The third-order valence-electron chi connectivity index (χ3n) is 1.58. The summed E-state index contributed by atoms with van der Waals surface area (Å²) in [5, 5.41) is 6.22. The Morgan fingerprint density at radius 1 is 1.57 bits per heavy atom. The van der Waals surface area contributed by atoms with Gasteiger partial charge in [0.25, 0.3) is 0 Å². The van der Waals surface area contributed by atoms with Crippen molar-refractivity contribution < 1.29 is 12.9 Å². The number of rotatable bonds is 6. The minimum Gasteiger partial charge on any atom is -0.360 e. The van der Waals surface area contributed by atoms with Gasteiger partial charge in [-0.2, -0.15) is 0 Å². The van der Waals surface area contributed by atoms with Crippen LogP contribution in [0.5, 0.6) is 0 Å². The summed E-state index contributed by atoms with van der Waals surface area (Å²) in [4.78, 5) is 0. The molecule has 0 aliphatic carbocycles. The van der Waals surface area contributed by atoms with Crippen LogP contribution in [0.15, 0.2) is 16.8 Å². The topological polar surface area (TPSA) is 84.2 Å². The molecule has 1 heterocycles. The Bertz CT molecular complexity index is 346. The monoisotopic (exact) mass is 219 g/mol. The fraction of sp³-hybridized carbons (Fsp3) is 0.571. The second-order valence-corrected chi connectivity index (χ2v) is 4.65. The number of hydrogen-bond donors (Lipinski definition) is 2. The van der Waals surface area contributed by atoms with Crippen molar-refractivity contribution in [2.45, 2.75) is 6.54 Å². The molecule has 1 rings (SSSR count). The summed E-state index contributed by atoms with van der Waals surface area (Å²) in [5.41, 5.74) is 0. The van der Waals surface area contributed by atoms with Crippen molar-refractivity contribution in [1.29, 1.82) is 0 Å².